The molecule has 0 spiro atoms. The quantitative estimate of drug-likeness (QED) is 0.792. The van der Waals surface area contributed by atoms with Gasteiger partial charge in [0.2, 0.25) is 0 Å². The van der Waals surface area contributed by atoms with Gasteiger partial charge in [-0.1, -0.05) is 23.7 Å². The van der Waals surface area contributed by atoms with Crippen molar-refractivity contribution < 1.29 is 8.42 Å². The number of sulfonamides is 1. The van der Waals surface area contributed by atoms with Crippen LogP contribution in [0.25, 0.3) is 5.69 Å². The van der Waals surface area contributed by atoms with Gasteiger partial charge in [-0.3, -0.25) is 4.72 Å². The van der Waals surface area contributed by atoms with Gasteiger partial charge in [-0.2, -0.15) is 5.10 Å². The summed E-state index contributed by atoms with van der Waals surface area (Å²) in [6.07, 6.45) is 2.80. The molecule has 0 saturated heterocycles. The number of hydrogen-bond acceptors (Lipinski definition) is 5. The number of nitrogens with one attached hydrogen (secondary N) is 1. The highest BCUT2D eigenvalue weighted by molar-refractivity contribution is 7.94. The monoisotopic (exact) mass is 340 g/mol. The standard InChI is InChI=1S/C12H9ClN4O2S2/c13-9-3-1-4-10(12(9)17-8-14-7-15-17)16-21(18,19)11-5-2-6-20-11/h1-8,16H. The van der Waals surface area contributed by atoms with Crippen molar-refractivity contribution in [2.75, 3.05) is 4.72 Å². The Kier molecular flexibility index (Phi) is 3.66. The minimum Gasteiger partial charge on any atom is -0.277 e. The van der Waals surface area contributed by atoms with Crippen LogP contribution < -0.4 is 4.72 Å². The Hall–Kier alpha value is -1.90. The highest BCUT2D eigenvalue weighted by Crippen LogP contribution is 2.30. The summed E-state index contributed by atoms with van der Waals surface area (Å²) in [5.74, 6) is 0. The zero-order valence-electron chi connectivity index (χ0n) is 10.5. The first kappa shape index (κ1) is 14.1. The third kappa shape index (κ3) is 2.78. The Balaban J connectivity index is 2.07. The van der Waals surface area contributed by atoms with E-state index >= 15 is 0 Å². The van der Waals surface area contributed by atoms with Gasteiger partial charge in [-0.05, 0) is 23.6 Å². The number of halogens is 1. The van der Waals surface area contributed by atoms with Crippen LogP contribution in [0.1, 0.15) is 0 Å². The second-order valence-corrected chi connectivity index (χ2v) is 7.28. The van der Waals surface area contributed by atoms with E-state index in [1.54, 1.807) is 29.6 Å². The Morgan fingerprint density at radius 2 is 2.10 bits per heavy atom. The van der Waals surface area contributed by atoms with E-state index in [9.17, 15) is 8.42 Å². The van der Waals surface area contributed by atoms with Crippen molar-refractivity contribution in [3.05, 3.63) is 53.4 Å². The lowest BCUT2D eigenvalue weighted by atomic mass is 10.3. The molecule has 3 rings (SSSR count). The van der Waals surface area contributed by atoms with Crippen LogP contribution in [-0.4, -0.2) is 23.2 Å². The summed E-state index contributed by atoms with van der Waals surface area (Å²) in [5.41, 5.74) is 0.762. The third-order valence-electron chi connectivity index (χ3n) is 2.64. The maximum absolute atomic E-state index is 12.3. The Bertz CT molecular complexity index is 846. The molecule has 0 aliphatic rings. The van der Waals surface area contributed by atoms with Gasteiger partial charge in [0, 0.05) is 0 Å². The molecule has 1 aromatic carbocycles. The molecular formula is C12H9ClN4O2S2. The summed E-state index contributed by atoms with van der Waals surface area (Å²) in [5, 5.41) is 6.06. The fourth-order valence-electron chi connectivity index (χ4n) is 1.77. The molecule has 1 N–H and O–H groups in total. The molecule has 21 heavy (non-hydrogen) atoms. The maximum atomic E-state index is 12.3. The number of rotatable bonds is 4. The minimum atomic E-state index is -3.65. The summed E-state index contributed by atoms with van der Waals surface area (Å²) in [6.45, 7) is 0. The first-order chi connectivity index (χ1) is 10.1. The van der Waals surface area contributed by atoms with E-state index in [1.165, 1.54) is 23.4 Å². The fraction of sp³-hybridized carbons (Fsp3) is 0. The van der Waals surface area contributed by atoms with Crippen molar-refractivity contribution >= 4 is 38.6 Å². The molecule has 0 atom stereocenters. The molecular weight excluding hydrogens is 332 g/mol. The smallest absolute Gasteiger partial charge is 0.271 e. The number of para-hydroxylation sites is 1. The van der Waals surface area contributed by atoms with Crippen molar-refractivity contribution in [1.29, 1.82) is 0 Å². The van der Waals surface area contributed by atoms with Gasteiger partial charge in [0.1, 0.15) is 22.6 Å². The van der Waals surface area contributed by atoms with Gasteiger partial charge in [-0.25, -0.2) is 18.1 Å². The molecule has 0 amide bonds. The van der Waals surface area contributed by atoms with Crippen molar-refractivity contribution in [2.24, 2.45) is 0 Å². The third-order valence-corrected chi connectivity index (χ3v) is 5.71. The molecule has 0 radical (unpaired) electrons. The first-order valence-electron chi connectivity index (χ1n) is 5.78. The summed E-state index contributed by atoms with van der Waals surface area (Å²) in [6, 6.07) is 8.15. The number of nitrogens with zero attached hydrogens (tertiary/aromatic N) is 3. The lowest BCUT2D eigenvalue weighted by Crippen LogP contribution is -2.14. The van der Waals surface area contributed by atoms with Gasteiger partial charge in [-0.15, -0.1) is 11.3 Å². The van der Waals surface area contributed by atoms with Crippen molar-refractivity contribution in [3.63, 3.8) is 0 Å². The van der Waals surface area contributed by atoms with Gasteiger partial charge >= 0.3 is 0 Å². The summed E-state index contributed by atoms with van der Waals surface area (Å²) in [7, 11) is -3.65. The minimum absolute atomic E-state index is 0.229. The van der Waals surface area contributed by atoms with E-state index in [0.29, 0.717) is 16.4 Å². The predicted octanol–water partition coefficient (Wildman–Crippen LogP) is 2.78. The largest absolute Gasteiger partial charge is 0.277 e. The molecule has 9 heteroatoms. The van der Waals surface area contributed by atoms with E-state index in [1.807, 2.05) is 0 Å². The van der Waals surface area contributed by atoms with Gasteiger partial charge in [0.15, 0.2) is 0 Å². The summed E-state index contributed by atoms with van der Waals surface area (Å²) < 4.78 is 28.8. The zero-order chi connectivity index (χ0) is 14.9. The molecule has 108 valence electrons. The second kappa shape index (κ2) is 5.47. The highest BCUT2D eigenvalue weighted by Gasteiger charge is 2.19. The van der Waals surface area contributed by atoms with E-state index in [4.69, 9.17) is 11.6 Å². The van der Waals surface area contributed by atoms with E-state index in [2.05, 4.69) is 14.8 Å². The molecule has 3 aromatic rings. The second-order valence-electron chi connectivity index (χ2n) is 4.01. The average Bonchev–Trinajstić information content (AvgIpc) is 3.12. The molecule has 2 aromatic heterocycles. The number of hydrogen-bond donors (Lipinski definition) is 1. The topological polar surface area (TPSA) is 76.9 Å². The van der Waals surface area contributed by atoms with Gasteiger partial charge in [0.05, 0.1) is 10.7 Å². The lowest BCUT2D eigenvalue weighted by Gasteiger charge is -2.12. The van der Waals surface area contributed by atoms with E-state index in [-0.39, 0.29) is 4.21 Å². The van der Waals surface area contributed by atoms with E-state index < -0.39 is 10.0 Å². The molecule has 6 nitrogen and oxygen atoms in total. The Morgan fingerprint density at radius 1 is 1.24 bits per heavy atom. The van der Waals surface area contributed by atoms with Crippen molar-refractivity contribution in [2.45, 2.75) is 4.21 Å². The molecule has 0 unspecified atom stereocenters. The number of aromatic nitrogens is 3. The number of thiophene rings is 1. The summed E-state index contributed by atoms with van der Waals surface area (Å²) in [4.78, 5) is 3.85. The molecule has 0 aliphatic heterocycles. The predicted molar refractivity (Wildman–Crippen MR) is 81.5 cm³/mol. The summed E-state index contributed by atoms with van der Waals surface area (Å²) >= 11 is 7.29. The van der Waals surface area contributed by atoms with Crippen LogP contribution in [0, 0.1) is 0 Å². The molecule has 0 bridgehead atoms. The van der Waals surface area contributed by atoms with Crippen LogP contribution in [-0.2, 0) is 10.0 Å². The zero-order valence-corrected chi connectivity index (χ0v) is 12.9. The highest BCUT2D eigenvalue weighted by atomic mass is 35.5. The van der Waals surface area contributed by atoms with Crippen molar-refractivity contribution in [3.8, 4) is 5.69 Å². The van der Waals surface area contributed by atoms with Crippen molar-refractivity contribution in [1.82, 2.24) is 14.8 Å². The first-order valence-corrected chi connectivity index (χ1v) is 8.52. The number of benzene rings is 1. The Labute approximate surface area is 130 Å². The molecule has 2 heterocycles. The Morgan fingerprint density at radius 3 is 2.76 bits per heavy atom. The van der Waals surface area contributed by atoms with E-state index in [0.717, 1.165) is 11.3 Å². The maximum Gasteiger partial charge on any atom is 0.271 e. The molecule has 0 saturated carbocycles. The van der Waals surface area contributed by atoms with Crippen LogP contribution >= 0.6 is 22.9 Å². The fourth-order valence-corrected chi connectivity index (χ4v) is 4.09. The van der Waals surface area contributed by atoms with Crippen LogP contribution in [0.15, 0.2) is 52.6 Å². The van der Waals surface area contributed by atoms with Gasteiger partial charge in [0.25, 0.3) is 10.0 Å². The van der Waals surface area contributed by atoms with Crippen LogP contribution in [0.2, 0.25) is 5.02 Å². The number of anilines is 1. The SMILES string of the molecule is O=S(=O)(Nc1cccc(Cl)c1-n1cncn1)c1cccs1. The lowest BCUT2D eigenvalue weighted by molar-refractivity contribution is 0.603. The average molecular weight is 341 g/mol. The van der Waals surface area contributed by atoms with Crippen LogP contribution in [0.5, 0.6) is 0 Å². The molecule has 0 fully saturated rings. The van der Waals surface area contributed by atoms with Crippen LogP contribution in [0.4, 0.5) is 5.69 Å². The van der Waals surface area contributed by atoms with Crippen LogP contribution in [0.3, 0.4) is 0 Å². The van der Waals surface area contributed by atoms with Gasteiger partial charge < -0.3 is 0 Å². The normalized spacial score (nSPS) is 11.5. The molecule has 0 aliphatic carbocycles.